The number of nitrogens with one attached hydrogen (secondary N) is 2. The quantitative estimate of drug-likeness (QED) is 0.464. The van der Waals surface area contributed by atoms with E-state index < -0.39 is 0 Å². The number of guanidine groups is 1. The molecule has 4 nitrogen and oxygen atoms in total. The highest BCUT2D eigenvalue weighted by atomic mass is 16.5. The molecule has 1 heterocycles. The second-order valence-electron chi connectivity index (χ2n) is 6.31. The van der Waals surface area contributed by atoms with E-state index in [2.05, 4.69) is 22.5 Å². The van der Waals surface area contributed by atoms with Gasteiger partial charge in [-0.15, -0.1) is 0 Å². The van der Waals surface area contributed by atoms with Crippen LogP contribution in [0.1, 0.15) is 45.4 Å². The summed E-state index contributed by atoms with van der Waals surface area (Å²) < 4.78 is 5.95. The van der Waals surface area contributed by atoms with Gasteiger partial charge in [-0.25, -0.2) is 0 Å². The number of hydrogen-bond donors (Lipinski definition) is 2. The van der Waals surface area contributed by atoms with Crippen molar-refractivity contribution >= 4 is 5.96 Å². The minimum Gasteiger partial charge on any atom is -0.377 e. The normalized spacial score (nSPS) is 35.5. The fourth-order valence-electron chi connectivity index (χ4n) is 4.18. The molecule has 0 aromatic rings. The van der Waals surface area contributed by atoms with E-state index in [4.69, 9.17) is 4.74 Å². The van der Waals surface area contributed by atoms with E-state index in [-0.39, 0.29) is 0 Å². The first-order valence-corrected chi connectivity index (χ1v) is 7.90. The van der Waals surface area contributed by atoms with Gasteiger partial charge in [0.25, 0.3) is 0 Å². The summed E-state index contributed by atoms with van der Waals surface area (Å²) in [4.78, 5) is 4.37. The Hall–Kier alpha value is -0.770. The van der Waals surface area contributed by atoms with Gasteiger partial charge in [-0.2, -0.15) is 0 Å². The van der Waals surface area contributed by atoms with Crippen molar-refractivity contribution < 1.29 is 4.74 Å². The van der Waals surface area contributed by atoms with Gasteiger partial charge in [0.05, 0.1) is 6.10 Å². The maximum atomic E-state index is 5.95. The first-order valence-electron chi connectivity index (χ1n) is 7.90. The smallest absolute Gasteiger partial charge is 0.191 e. The lowest BCUT2D eigenvalue weighted by Crippen LogP contribution is -2.72. The lowest BCUT2D eigenvalue weighted by atomic mass is 9.46. The molecule has 1 aliphatic heterocycles. The van der Waals surface area contributed by atoms with Gasteiger partial charge in [-0.1, -0.05) is 19.8 Å². The third kappa shape index (κ3) is 2.04. The zero-order valence-electron chi connectivity index (χ0n) is 12.2. The molecule has 0 aromatic heterocycles. The number of hydrogen-bond acceptors (Lipinski definition) is 2. The number of unbranched alkanes of at least 4 members (excludes halogenated alkanes) is 1. The Morgan fingerprint density at radius 2 is 2.26 bits per heavy atom. The van der Waals surface area contributed by atoms with E-state index in [1.165, 1.54) is 38.5 Å². The van der Waals surface area contributed by atoms with Crippen LogP contribution >= 0.6 is 0 Å². The minimum atomic E-state index is 0.434. The van der Waals surface area contributed by atoms with Gasteiger partial charge in [-0.3, -0.25) is 4.99 Å². The highest BCUT2D eigenvalue weighted by Crippen LogP contribution is 2.62. The Kier molecular flexibility index (Phi) is 3.70. The van der Waals surface area contributed by atoms with Crippen LogP contribution in [-0.2, 0) is 4.74 Å². The molecule has 0 aromatic carbocycles. The Morgan fingerprint density at radius 3 is 2.89 bits per heavy atom. The summed E-state index contributed by atoms with van der Waals surface area (Å²) >= 11 is 0. The highest BCUT2D eigenvalue weighted by molar-refractivity contribution is 5.80. The number of fused-ring (bicyclic) bond motifs is 2. The van der Waals surface area contributed by atoms with Crippen LogP contribution in [0.25, 0.3) is 0 Å². The standard InChI is InChI=1S/C15H27N3O/c1-3-4-9-17-14(16-2)18-12-11-6-10-19-13(11)15(12)7-5-8-15/h11-13H,3-10H2,1-2H3,(H2,16,17,18). The predicted octanol–water partition coefficient (Wildman–Crippen LogP) is 1.91. The van der Waals surface area contributed by atoms with Crippen molar-refractivity contribution in [2.45, 2.75) is 57.6 Å². The average Bonchev–Trinajstić information content (AvgIpc) is 2.77. The zero-order valence-corrected chi connectivity index (χ0v) is 12.2. The molecular formula is C15H27N3O. The summed E-state index contributed by atoms with van der Waals surface area (Å²) in [7, 11) is 1.87. The van der Waals surface area contributed by atoms with Crippen LogP contribution < -0.4 is 10.6 Å². The van der Waals surface area contributed by atoms with Gasteiger partial charge in [0, 0.05) is 37.6 Å². The van der Waals surface area contributed by atoms with Crippen LogP contribution in [0.5, 0.6) is 0 Å². The third-order valence-electron chi connectivity index (χ3n) is 5.37. The van der Waals surface area contributed by atoms with Crippen molar-refractivity contribution in [1.29, 1.82) is 0 Å². The molecule has 0 bridgehead atoms. The maximum absolute atomic E-state index is 5.95. The molecular weight excluding hydrogens is 238 g/mol. The summed E-state index contributed by atoms with van der Waals surface area (Å²) in [5.41, 5.74) is 0.434. The molecule has 19 heavy (non-hydrogen) atoms. The molecule has 2 saturated carbocycles. The molecule has 4 heteroatoms. The Balaban J connectivity index is 1.59. The summed E-state index contributed by atoms with van der Waals surface area (Å²) in [6, 6.07) is 0.585. The first-order chi connectivity index (χ1) is 9.31. The monoisotopic (exact) mass is 265 g/mol. The lowest BCUT2D eigenvalue weighted by molar-refractivity contribution is -0.171. The molecule has 2 aliphatic carbocycles. The van der Waals surface area contributed by atoms with E-state index >= 15 is 0 Å². The molecule has 0 amide bonds. The first kappa shape index (κ1) is 13.2. The Labute approximate surface area is 116 Å². The molecule has 3 aliphatic rings. The molecule has 0 radical (unpaired) electrons. The topological polar surface area (TPSA) is 45.7 Å². The van der Waals surface area contributed by atoms with E-state index in [1.54, 1.807) is 0 Å². The average molecular weight is 265 g/mol. The third-order valence-corrected chi connectivity index (χ3v) is 5.37. The van der Waals surface area contributed by atoms with Crippen LogP contribution in [0.15, 0.2) is 4.99 Å². The fourth-order valence-corrected chi connectivity index (χ4v) is 4.18. The van der Waals surface area contributed by atoms with Gasteiger partial charge < -0.3 is 15.4 Å². The van der Waals surface area contributed by atoms with Crippen LogP contribution in [0.3, 0.4) is 0 Å². The molecule has 3 rings (SSSR count). The summed E-state index contributed by atoms with van der Waals surface area (Å²) in [5.74, 6) is 1.69. The van der Waals surface area contributed by atoms with Crippen molar-refractivity contribution in [3.8, 4) is 0 Å². The number of aliphatic imine (C=N–C) groups is 1. The largest absolute Gasteiger partial charge is 0.377 e. The number of ether oxygens (including phenoxy) is 1. The van der Waals surface area contributed by atoms with Crippen molar-refractivity contribution in [2.75, 3.05) is 20.2 Å². The zero-order chi connectivity index (χ0) is 13.3. The van der Waals surface area contributed by atoms with E-state index in [0.29, 0.717) is 23.5 Å². The van der Waals surface area contributed by atoms with Crippen LogP contribution in [-0.4, -0.2) is 38.3 Å². The number of rotatable bonds is 4. The Morgan fingerprint density at radius 1 is 1.42 bits per heavy atom. The lowest BCUT2D eigenvalue weighted by Gasteiger charge is -2.63. The van der Waals surface area contributed by atoms with Crippen molar-refractivity contribution in [2.24, 2.45) is 16.3 Å². The summed E-state index contributed by atoms with van der Waals surface area (Å²) in [6.45, 7) is 4.19. The van der Waals surface area contributed by atoms with E-state index in [9.17, 15) is 0 Å². The van der Waals surface area contributed by atoms with Gasteiger partial charge in [-0.05, 0) is 25.7 Å². The second kappa shape index (κ2) is 5.31. The Bertz CT molecular complexity index is 351. The van der Waals surface area contributed by atoms with Gasteiger partial charge >= 0.3 is 0 Å². The maximum Gasteiger partial charge on any atom is 0.191 e. The molecule has 3 unspecified atom stereocenters. The molecule has 1 spiro atoms. The summed E-state index contributed by atoms with van der Waals surface area (Å²) in [5, 5.41) is 7.12. The van der Waals surface area contributed by atoms with Crippen molar-refractivity contribution in [3.05, 3.63) is 0 Å². The van der Waals surface area contributed by atoms with Crippen LogP contribution in [0.2, 0.25) is 0 Å². The van der Waals surface area contributed by atoms with Crippen LogP contribution in [0, 0.1) is 11.3 Å². The molecule has 3 fully saturated rings. The highest BCUT2D eigenvalue weighted by Gasteiger charge is 2.66. The van der Waals surface area contributed by atoms with Gasteiger partial charge in [0.2, 0.25) is 0 Å². The van der Waals surface area contributed by atoms with Crippen LogP contribution in [0.4, 0.5) is 0 Å². The van der Waals surface area contributed by atoms with Crippen molar-refractivity contribution in [1.82, 2.24) is 10.6 Å². The number of nitrogens with zero attached hydrogens (tertiary/aromatic N) is 1. The minimum absolute atomic E-state index is 0.434. The molecule has 108 valence electrons. The van der Waals surface area contributed by atoms with Gasteiger partial charge in [0.15, 0.2) is 5.96 Å². The SMILES string of the molecule is CCCCNC(=NC)NC1C2CCOC2C12CCC2. The fraction of sp³-hybridized carbons (Fsp3) is 0.933. The van der Waals surface area contributed by atoms with E-state index in [1.807, 2.05) is 7.05 Å². The van der Waals surface area contributed by atoms with E-state index in [0.717, 1.165) is 19.1 Å². The molecule has 3 atom stereocenters. The predicted molar refractivity (Wildman–Crippen MR) is 77.3 cm³/mol. The molecule has 2 N–H and O–H groups in total. The van der Waals surface area contributed by atoms with Crippen molar-refractivity contribution in [3.63, 3.8) is 0 Å². The second-order valence-corrected chi connectivity index (χ2v) is 6.31. The van der Waals surface area contributed by atoms with Gasteiger partial charge in [0.1, 0.15) is 0 Å². The summed E-state index contributed by atoms with van der Waals surface area (Å²) in [6.07, 6.45) is 8.20. The molecule has 1 saturated heterocycles.